The maximum absolute atomic E-state index is 5.62. The Bertz CT molecular complexity index is 759. The molecule has 106 valence electrons. The molecule has 0 bridgehead atoms. The van der Waals surface area contributed by atoms with Gasteiger partial charge in [-0.15, -0.1) is 5.10 Å². The maximum atomic E-state index is 5.62. The van der Waals surface area contributed by atoms with Crippen LogP contribution in [0.5, 0.6) is 0 Å². The minimum absolute atomic E-state index is 0.530. The van der Waals surface area contributed by atoms with Crippen molar-refractivity contribution < 1.29 is 0 Å². The Morgan fingerprint density at radius 3 is 2.43 bits per heavy atom. The second-order valence-corrected chi connectivity index (χ2v) is 5.08. The van der Waals surface area contributed by atoms with E-state index in [1.165, 1.54) is 11.1 Å². The van der Waals surface area contributed by atoms with E-state index in [1.807, 2.05) is 30.3 Å². The van der Waals surface area contributed by atoms with Crippen molar-refractivity contribution in [3.8, 4) is 17.1 Å². The highest BCUT2D eigenvalue weighted by Gasteiger charge is 2.11. The minimum Gasteiger partial charge on any atom is -0.326 e. The van der Waals surface area contributed by atoms with Crippen LogP contribution in [-0.2, 0) is 6.54 Å². The van der Waals surface area contributed by atoms with E-state index in [0.29, 0.717) is 6.54 Å². The van der Waals surface area contributed by atoms with E-state index in [-0.39, 0.29) is 0 Å². The summed E-state index contributed by atoms with van der Waals surface area (Å²) < 4.78 is 1.75. The SMILES string of the molecule is Cc1ccc(-n2nnnc2-c2ccc(CN)cc2)cc1C. The largest absolute Gasteiger partial charge is 0.326 e. The molecule has 2 N–H and O–H groups in total. The lowest BCUT2D eigenvalue weighted by molar-refractivity contribution is 0.790. The molecular weight excluding hydrogens is 262 g/mol. The van der Waals surface area contributed by atoms with E-state index in [2.05, 4.69) is 41.5 Å². The first-order chi connectivity index (χ1) is 10.2. The van der Waals surface area contributed by atoms with Gasteiger partial charge >= 0.3 is 0 Å². The summed E-state index contributed by atoms with van der Waals surface area (Å²) in [7, 11) is 0. The summed E-state index contributed by atoms with van der Waals surface area (Å²) in [5.41, 5.74) is 11.1. The first-order valence-electron chi connectivity index (χ1n) is 6.84. The highest BCUT2D eigenvalue weighted by atomic mass is 15.5. The number of rotatable bonds is 3. The van der Waals surface area contributed by atoms with Gasteiger partial charge in [-0.05, 0) is 53.1 Å². The van der Waals surface area contributed by atoms with Gasteiger partial charge < -0.3 is 5.73 Å². The van der Waals surface area contributed by atoms with Gasteiger partial charge in [0.1, 0.15) is 0 Å². The molecule has 0 aliphatic heterocycles. The fourth-order valence-electron chi connectivity index (χ4n) is 2.19. The average molecular weight is 279 g/mol. The lowest BCUT2D eigenvalue weighted by atomic mass is 10.1. The van der Waals surface area contributed by atoms with E-state index >= 15 is 0 Å². The smallest absolute Gasteiger partial charge is 0.187 e. The molecule has 0 aliphatic carbocycles. The van der Waals surface area contributed by atoms with Crippen LogP contribution in [-0.4, -0.2) is 20.2 Å². The van der Waals surface area contributed by atoms with Crippen molar-refractivity contribution in [2.75, 3.05) is 0 Å². The minimum atomic E-state index is 0.530. The highest BCUT2D eigenvalue weighted by Crippen LogP contribution is 2.21. The van der Waals surface area contributed by atoms with Crippen molar-refractivity contribution in [3.05, 3.63) is 59.2 Å². The molecule has 0 aliphatic rings. The third kappa shape index (κ3) is 2.55. The fraction of sp³-hybridized carbons (Fsp3) is 0.188. The van der Waals surface area contributed by atoms with E-state index in [9.17, 15) is 0 Å². The summed E-state index contributed by atoms with van der Waals surface area (Å²) in [4.78, 5) is 0. The second-order valence-electron chi connectivity index (χ2n) is 5.08. The Balaban J connectivity index is 2.05. The van der Waals surface area contributed by atoms with E-state index < -0.39 is 0 Å². The number of hydrogen-bond acceptors (Lipinski definition) is 4. The molecule has 0 radical (unpaired) electrons. The Kier molecular flexibility index (Phi) is 3.50. The molecule has 1 aromatic heterocycles. The van der Waals surface area contributed by atoms with Crippen LogP contribution in [0, 0.1) is 13.8 Å². The highest BCUT2D eigenvalue weighted by molar-refractivity contribution is 5.58. The van der Waals surface area contributed by atoms with Gasteiger partial charge in [-0.1, -0.05) is 30.3 Å². The molecule has 5 heteroatoms. The number of aromatic nitrogens is 4. The molecule has 1 heterocycles. The van der Waals surface area contributed by atoms with E-state index in [0.717, 1.165) is 22.6 Å². The first kappa shape index (κ1) is 13.5. The molecular formula is C16H17N5. The number of aryl methyl sites for hydroxylation is 2. The Labute approximate surface area is 123 Å². The average Bonchev–Trinajstić information content (AvgIpc) is 2.99. The molecule has 5 nitrogen and oxygen atoms in total. The molecule has 0 spiro atoms. The topological polar surface area (TPSA) is 69.6 Å². The third-order valence-corrected chi connectivity index (χ3v) is 3.65. The third-order valence-electron chi connectivity index (χ3n) is 3.65. The lowest BCUT2D eigenvalue weighted by Gasteiger charge is -2.07. The van der Waals surface area contributed by atoms with Gasteiger partial charge in [0, 0.05) is 12.1 Å². The molecule has 3 aromatic rings. The first-order valence-corrected chi connectivity index (χ1v) is 6.84. The molecule has 2 aromatic carbocycles. The molecule has 0 unspecified atom stereocenters. The van der Waals surface area contributed by atoms with E-state index in [1.54, 1.807) is 4.68 Å². The standard InChI is InChI=1S/C16H17N5/c1-11-3-8-15(9-12(11)2)21-16(18-19-20-21)14-6-4-13(10-17)5-7-14/h3-9H,10,17H2,1-2H3. The number of hydrogen-bond donors (Lipinski definition) is 1. The zero-order chi connectivity index (χ0) is 14.8. The van der Waals surface area contributed by atoms with Crippen molar-refractivity contribution in [2.45, 2.75) is 20.4 Å². The number of benzene rings is 2. The van der Waals surface area contributed by atoms with Crippen LogP contribution in [0.3, 0.4) is 0 Å². The zero-order valence-electron chi connectivity index (χ0n) is 12.1. The van der Waals surface area contributed by atoms with Gasteiger partial charge in [-0.2, -0.15) is 4.68 Å². The monoisotopic (exact) mass is 279 g/mol. The van der Waals surface area contributed by atoms with Gasteiger partial charge in [-0.3, -0.25) is 0 Å². The number of tetrazole rings is 1. The summed E-state index contributed by atoms with van der Waals surface area (Å²) in [6.45, 7) is 4.70. The molecule has 21 heavy (non-hydrogen) atoms. The predicted octanol–water partition coefficient (Wildman–Crippen LogP) is 2.40. The lowest BCUT2D eigenvalue weighted by Crippen LogP contribution is -2.01. The normalized spacial score (nSPS) is 10.8. The van der Waals surface area contributed by atoms with Gasteiger partial charge in [0.2, 0.25) is 0 Å². The quantitative estimate of drug-likeness (QED) is 0.799. The van der Waals surface area contributed by atoms with Crippen molar-refractivity contribution in [3.63, 3.8) is 0 Å². The summed E-state index contributed by atoms with van der Waals surface area (Å²) in [6.07, 6.45) is 0. The maximum Gasteiger partial charge on any atom is 0.187 e. The van der Waals surface area contributed by atoms with Crippen LogP contribution in [0.15, 0.2) is 42.5 Å². The Morgan fingerprint density at radius 1 is 1.00 bits per heavy atom. The molecule has 3 rings (SSSR count). The number of nitrogens with two attached hydrogens (primary N) is 1. The molecule has 0 atom stereocenters. The van der Waals surface area contributed by atoms with Crippen molar-refractivity contribution >= 4 is 0 Å². The predicted molar refractivity (Wildman–Crippen MR) is 82.0 cm³/mol. The van der Waals surface area contributed by atoms with Crippen LogP contribution in [0.25, 0.3) is 17.1 Å². The zero-order valence-corrected chi connectivity index (χ0v) is 12.1. The fourth-order valence-corrected chi connectivity index (χ4v) is 2.19. The van der Waals surface area contributed by atoms with Gasteiger partial charge in [-0.25, -0.2) is 0 Å². The van der Waals surface area contributed by atoms with Gasteiger partial charge in [0.05, 0.1) is 5.69 Å². The van der Waals surface area contributed by atoms with Crippen molar-refractivity contribution in [2.24, 2.45) is 5.73 Å². The molecule has 0 saturated heterocycles. The van der Waals surface area contributed by atoms with Crippen LogP contribution in [0.4, 0.5) is 0 Å². The summed E-state index contributed by atoms with van der Waals surface area (Å²) in [6, 6.07) is 14.2. The Hall–Kier alpha value is -2.53. The second kappa shape index (κ2) is 5.46. The van der Waals surface area contributed by atoms with Crippen LogP contribution < -0.4 is 5.73 Å². The van der Waals surface area contributed by atoms with Crippen LogP contribution in [0.2, 0.25) is 0 Å². The van der Waals surface area contributed by atoms with Crippen molar-refractivity contribution in [1.82, 2.24) is 20.2 Å². The molecule has 0 fully saturated rings. The summed E-state index contributed by atoms with van der Waals surface area (Å²) in [5.74, 6) is 0.724. The van der Waals surface area contributed by atoms with E-state index in [4.69, 9.17) is 5.73 Å². The Morgan fingerprint density at radius 2 is 1.76 bits per heavy atom. The van der Waals surface area contributed by atoms with Crippen molar-refractivity contribution in [1.29, 1.82) is 0 Å². The summed E-state index contributed by atoms with van der Waals surface area (Å²) >= 11 is 0. The van der Waals surface area contributed by atoms with Crippen LogP contribution in [0.1, 0.15) is 16.7 Å². The van der Waals surface area contributed by atoms with Crippen LogP contribution >= 0.6 is 0 Å². The molecule has 0 saturated carbocycles. The molecule has 0 amide bonds. The number of nitrogens with zero attached hydrogens (tertiary/aromatic N) is 4. The van der Waals surface area contributed by atoms with Gasteiger partial charge in [0.25, 0.3) is 0 Å². The summed E-state index contributed by atoms with van der Waals surface area (Å²) in [5, 5.41) is 12.1. The van der Waals surface area contributed by atoms with Gasteiger partial charge in [0.15, 0.2) is 5.82 Å².